The van der Waals surface area contributed by atoms with E-state index in [1.54, 1.807) is 6.08 Å². The molecule has 33 heavy (non-hydrogen) atoms. The van der Waals surface area contributed by atoms with Crippen molar-refractivity contribution in [3.05, 3.63) is 50.6 Å². The second-order valence-electron chi connectivity index (χ2n) is 7.81. The van der Waals surface area contributed by atoms with Gasteiger partial charge in [0.2, 0.25) is 0 Å². The number of aromatic hydroxyl groups is 2. The van der Waals surface area contributed by atoms with Crippen molar-refractivity contribution in [1.82, 2.24) is 9.80 Å². The molecule has 1 saturated heterocycles. The molecule has 0 unspecified atom stereocenters. The van der Waals surface area contributed by atoms with Crippen molar-refractivity contribution in [1.29, 1.82) is 0 Å². The molecule has 9 nitrogen and oxygen atoms in total. The summed E-state index contributed by atoms with van der Waals surface area (Å²) in [4.78, 5) is 14.5. The maximum absolute atomic E-state index is 11.2. The fourth-order valence-electron chi connectivity index (χ4n) is 4.02. The Bertz CT molecular complexity index is 1340. The van der Waals surface area contributed by atoms with Crippen LogP contribution in [-0.4, -0.2) is 57.4 Å². The number of furan rings is 1. The SMILES string of the molecule is O=C(O)N1CCN(Cc2c(O)c(Cl)cc3c(O)c(C=C4N=Nc5ccc(Br)cc54)oc23)CC1. The van der Waals surface area contributed by atoms with Crippen molar-refractivity contribution in [3.8, 4) is 11.5 Å². The Morgan fingerprint density at radius 1 is 1.15 bits per heavy atom. The molecule has 0 radical (unpaired) electrons. The number of hydrogen-bond donors (Lipinski definition) is 3. The second-order valence-corrected chi connectivity index (χ2v) is 9.14. The first-order valence-corrected chi connectivity index (χ1v) is 11.3. The van der Waals surface area contributed by atoms with Crippen LogP contribution < -0.4 is 0 Å². The quantitative estimate of drug-likeness (QED) is 0.400. The predicted octanol–water partition coefficient (Wildman–Crippen LogP) is 5.65. The van der Waals surface area contributed by atoms with Gasteiger partial charge in [-0.05, 0) is 24.3 Å². The number of rotatable bonds is 3. The summed E-state index contributed by atoms with van der Waals surface area (Å²) in [5.41, 5.74) is 2.77. The van der Waals surface area contributed by atoms with Gasteiger partial charge in [0.15, 0.2) is 11.5 Å². The van der Waals surface area contributed by atoms with Gasteiger partial charge >= 0.3 is 6.09 Å². The standard InChI is InChI=1S/C22H18BrClN4O5/c23-11-1-2-16-12(7-11)17(26-25-16)9-18-20(30)13-8-15(24)19(29)14(21(13)33-18)10-27-3-5-28(6-4-27)22(31)32/h1-2,7-9,29-30H,3-6,10H2,(H,31,32). The number of halogens is 2. The van der Waals surface area contributed by atoms with Crippen LogP contribution in [0.3, 0.4) is 0 Å². The molecule has 2 aromatic carbocycles. The number of carboxylic acid groups (broad SMARTS) is 1. The zero-order chi connectivity index (χ0) is 23.3. The van der Waals surface area contributed by atoms with Gasteiger partial charge in [0.25, 0.3) is 0 Å². The van der Waals surface area contributed by atoms with Crippen LogP contribution in [0.5, 0.6) is 11.5 Å². The number of hydrogen-bond acceptors (Lipinski definition) is 7. The first-order chi connectivity index (χ1) is 15.8. The lowest BCUT2D eigenvalue weighted by molar-refractivity contribution is 0.102. The molecular formula is C22H18BrClN4O5. The number of azo groups is 1. The summed E-state index contributed by atoms with van der Waals surface area (Å²) in [5, 5.41) is 39.4. The van der Waals surface area contributed by atoms with E-state index in [1.807, 2.05) is 23.1 Å². The molecule has 11 heteroatoms. The largest absolute Gasteiger partial charge is 0.506 e. The van der Waals surface area contributed by atoms with Crippen molar-refractivity contribution in [2.24, 2.45) is 10.2 Å². The molecule has 1 fully saturated rings. The minimum Gasteiger partial charge on any atom is -0.506 e. The number of phenols is 1. The monoisotopic (exact) mass is 532 g/mol. The highest BCUT2D eigenvalue weighted by atomic mass is 79.9. The van der Waals surface area contributed by atoms with Gasteiger partial charge in [0.05, 0.1) is 27.4 Å². The molecule has 0 atom stereocenters. The zero-order valence-corrected chi connectivity index (χ0v) is 19.5. The summed E-state index contributed by atoms with van der Waals surface area (Å²) in [6.45, 7) is 2.00. The molecule has 3 heterocycles. The van der Waals surface area contributed by atoms with E-state index in [4.69, 9.17) is 21.1 Å². The van der Waals surface area contributed by atoms with Gasteiger partial charge in [-0.25, -0.2) is 4.79 Å². The lowest BCUT2D eigenvalue weighted by atomic mass is 10.1. The first kappa shape index (κ1) is 21.7. The minimum absolute atomic E-state index is 0.0896. The topological polar surface area (TPSA) is 122 Å². The number of benzene rings is 2. The molecule has 3 aromatic rings. The summed E-state index contributed by atoms with van der Waals surface area (Å²) >= 11 is 9.69. The van der Waals surface area contributed by atoms with Gasteiger partial charge in [0.1, 0.15) is 11.3 Å². The van der Waals surface area contributed by atoms with E-state index < -0.39 is 6.09 Å². The Hall–Kier alpha value is -3.08. The molecule has 1 amide bonds. The fraction of sp³-hybridized carbons (Fsp3) is 0.227. The highest BCUT2D eigenvalue weighted by Gasteiger charge is 2.26. The van der Waals surface area contributed by atoms with Gasteiger partial charge < -0.3 is 24.6 Å². The number of phenolic OH excluding ortho intramolecular Hbond substituents is 1. The van der Waals surface area contributed by atoms with Crippen LogP contribution in [0.25, 0.3) is 22.7 Å². The number of piperazine rings is 1. The zero-order valence-electron chi connectivity index (χ0n) is 17.1. The van der Waals surface area contributed by atoms with Crippen LogP contribution in [0, 0.1) is 0 Å². The van der Waals surface area contributed by atoms with E-state index in [0.717, 1.165) is 10.0 Å². The van der Waals surface area contributed by atoms with Gasteiger partial charge in [-0.1, -0.05) is 27.5 Å². The summed E-state index contributed by atoms with van der Waals surface area (Å²) in [7, 11) is 0. The van der Waals surface area contributed by atoms with Gasteiger partial charge in [-0.15, -0.1) is 10.2 Å². The third-order valence-electron chi connectivity index (χ3n) is 5.79. The molecule has 0 aliphatic carbocycles. The Balaban J connectivity index is 1.52. The molecule has 2 aliphatic heterocycles. The summed E-state index contributed by atoms with van der Waals surface area (Å²) in [5.74, 6) is -0.0759. The third kappa shape index (κ3) is 3.94. The summed E-state index contributed by atoms with van der Waals surface area (Å²) in [6, 6.07) is 7.04. The maximum Gasteiger partial charge on any atom is 0.407 e. The third-order valence-corrected chi connectivity index (χ3v) is 6.58. The van der Waals surface area contributed by atoms with Crippen LogP contribution in [0.1, 0.15) is 16.9 Å². The molecule has 1 aromatic heterocycles. The first-order valence-electron chi connectivity index (χ1n) is 10.1. The number of carbonyl (C=O) groups is 1. The van der Waals surface area contributed by atoms with Crippen molar-refractivity contribution in [2.75, 3.05) is 26.2 Å². The van der Waals surface area contributed by atoms with Crippen molar-refractivity contribution in [3.63, 3.8) is 0 Å². The Morgan fingerprint density at radius 2 is 1.91 bits per heavy atom. The Labute approximate surface area is 201 Å². The van der Waals surface area contributed by atoms with Crippen molar-refractivity contribution in [2.45, 2.75) is 6.54 Å². The van der Waals surface area contributed by atoms with Gasteiger partial charge in [0, 0.05) is 48.8 Å². The molecule has 0 bridgehead atoms. The van der Waals surface area contributed by atoms with Crippen molar-refractivity contribution >= 4 is 62.1 Å². The minimum atomic E-state index is -0.950. The molecule has 0 spiro atoms. The highest BCUT2D eigenvalue weighted by Crippen LogP contribution is 2.44. The Kier molecular flexibility index (Phi) is 5.51. The van der Waals surface area contributed by atoms with Gasteiger partial charge in [-0.3, -0.25) is 4.90 Å². The predicted molar refractivity (Wildman–Crippen MR) is 126 cm³/mol. The molecular weight excluding hydrogens is 516 g/mol. The molecule has 2 aliphatic rings. The molecule has 0 saturated carbocycles. The lowest BCUT2D eigenvalue weighted by Crippen LogP contribution is -2.47. The summed E-state index contributed by atoms with van der Waals surface area (Å²) in [6.07, 6.45) is 0.645. The van der Waals surface area contributed by atoms with Crippen LogP contribution >= 0.6 is 27.5 Å². The normalized spacial score (nSPS) is 17.3. The van der Waals surface area contributed by atoms with Crippen molar-refractivity contribution < 1.29 is 24.5 Å². The number of nitrogens with zero attached hydrogens (tertiary/aromatic N) is 4. The van der Waals surface area contributed by atoms with Crippen LogP contribution in [-0.2, 0) is 6.54 Å². The average Bonchev–Trinajstić information content (AvgIpc) is 3.33. The highest BCUT2D eigenvalue weighted by molar-refractivity contribution is 9.10. The van der Waals surface area contributed by atoms with E-state index in [1.165, 1.54) is 11.0 Å². The molecule has 3 N–H and O–H groups in total. The molecule has 170 valence electrons. The van der Waals surface area contributed by atoms with Crippen LogP contribution in [0.4, 0.5) is 10.5 Å². The van der Waals surface area contributed by atoms with Crippen LogP contribution in [0.15, 0.2) is 43.4 Å². The average molecular weight is 534 g/mol. The van der Waals surface area contributed by atoms with E-state index >= 15 is 0 Å². The van der Waals surface area contributed by atoms with Gasteiger partial charge in [-0.2, -0.15) is 0 Å². The summed E-state index contributed by atoms with van der Waals surface area (Å²) < 4.78 is 6.85. The number of amides is 1. The fourth-order valence-corrected chi connectivity index (χ4v) is 4.60. The molecule has 5 rings (SSSR count). The number of fused-ring (bicyclic) bond motifs is 2. The smallest absolute Gasteiger partial charge is 0.407 e. The van der Waals surface area contributed by atoms with Crippen LogP contribution in [0.2, 0.25) is 5.02 Å². The second kappa shape index (κ2) is 8.36. The van der Waals surface area contributed by atoms with E-state index in [0.29, 0.717) is 54.1 Å². The Morgan fingerprint density at radius 3 is 2.64 bits per heavy atom. The van der Waals surface area contributed by atoms with E-state index in [-0.39, 0.29) is 28.8 Å². The van der Waals surface area contributed by atoms with E-state index in [9.17, 15) is 15.0 Å². The lowest BCUT2D eigenvalue weighted by Gasteiger charge is -2.33. The maximum atomic E-state index is 11.2. The van der Waals surface area contributed by atoms with E-state index in [2.05, 4.69) is 26.2 Å².